The first-order chi connectivity index (χ1) is 62.7. The van der Waals surface area contributed by atoms with Crippen molar-refractivity contribution in [2.24, 2.45) is 0 Å². The molecule has 0 radical (unpaired) electrons. The third-order valence-electron chi connectivity index (χ3n) is 23.8. The van der Waals surface area contributed by atoms with Crippen LogP contribution in [-0.4, -0.2) is 39.0 Å². The maximum absolute atomic E-state index is 14.8. The summed E-state index contributed by atoms with van der Waals surface area (Å²) in [6.07, 6.45) is -9.14. The van der Waals surface area contributed by atoms with Crippen molar-refractivity contribution in [3.05, 3.63) is 433 Å². The zero-order valence-corrected chi connectivity index (χ0v) is 70.9. The van der Waals surface area contributed by atoms with Crippen LogP contribution in [0.5, 0.6) is 0 Å². The lowest BCUT2D eigenvalue weighted by Gasteiger charge is -2.22. The number of aryl methyl sites for hydroxylation is 5. The van der Waals surface area contributed by atoms with Crippen LogP contribution in [0.1, 0.15) is 38.9 Å². The van der Waals surface area contributed by atoms with Crippen molar-refractivity contribution in [2.75, 3.05) is 0 Å². The predicted octanol–water partition coefficient (Wildman–Crippen LogP) is 31.2. The van der Waals surface area contributed by atoms with E-state index in [1.807, 2.05) is 190 Å². The molecule has 4 heterocycles. The van der Waals surface area contributed by atoms with Gasteiger partial charge in [0.05, 0.1) is 44.6 Å². The number of rotatable bonds is 15. The van der Waals surface area contributed by atoms with E-state index < -0.39 is 23.5 Å². The van der Waals surface area contributed by atoms with Crippen LogP contribution in [0, 0.1) is 34.6 Å². The third-order valence-corrected chi connectivity index (χ3v) is 23.8. The Kier molecular flexibility index (Phi) is 21.3. The lowest BCUT2D eigenvalue weighted by Crippen LogP contribution is -2.06. The first-order valence-corrected chi connectivity index (χ1v) is 42.7. The Morgan fingerprint density at radius 1 is 0.178 bits per heavy atom. The number of fused-ring (bicyclic) bond motifs is 6. The summed E-state index contributed by atoms with van der Waals surface area (Å²) in [5, 5.41) is 4.08. The topological polar surface area (TPSA) is 87.2 Å². The molecule has 0 N–H and O–H groups in total. The molecule has 17 aromatic carbocycles. The molecule has 8 nitrogen and oxygen atoms in total. The van der Waals surface area contributed by atoms with Gasteiger partial charge in [0.2, 0.25) is 0 Å². The van der Waals surface area contributed by atoms with E-state index in [1.54, 1.807) is 12.1 Å². The SMILES string of the molecule is Cc1ccc(-c2ccc3c(c2)c2cc(-c4ccc(C)cc4)ccc2n3-c2c(-c3cccc(C)c3)cc(-c3nc(-c4ccccc4)nc(-c4ccccc4)n3)cc2-c2cccc(C(F)(F)F)c2)cc1.Cc1ccc(-c2ccc3c(c2)c2ccccc2n3-c2c(-c3cccc(C)c3)cc(-c3nc(-c4ccccc4)nc(-c4ccccc4)n3)cc2-c2cccc(C(F)(F)F)c2)cc1. The molecule has 129 heavy (non-hydrogen) atoms. The van der Waals surface area contributed by atoms with E-state index in [4.69, 9.17) is 29.9 Å². The molecular weight excluding hydrogens is 1610 g/mol. The molecule has 0 bridgehead atoms. The van der Waals surface area contributed by atoms with E-state index in [2.05, 4.69) is 200 Å². The molecule has 0 atom stereocenters. The molecule has 4 aromatic heterocycles. The number of nitrogens with zero attached hydrogens (tertiary/aromatic N) is 8. The Labute approximate surface area is 742 Å². The second-order valence-electron chi connectivity index (χ2n) is 32.8. The summed E-state index contributed by atoms with van der Waals surface area (Å²) in [5.41, 5.74) is 25.6. The van der Waals surface area contributed by atoms with Gasteiger partial charge in [-0.25, -0.2) is 29.9 Å². The van der Waals surface area contributed by atoms with Crippen molar-refractivity contribution in [3.8, 4) is 158 Å². The Hall–Kier alpha value is -16.1. The average Bonchev–Trinajstić information content (AvgIpc) is 1.57. The van der Waals surface area contributed by atoms with E-state index >= 15 is 0 Å². The van der Waals surface area contributed by atoms with Gasteiger partial charge in [-0.1, -0.05) is 331 Å². The second-order valence-corrected chi connectivity index (χ2v) is 32.8. The van der Waals surface area contributed by atoms with E-state index in [0.29, 0.717) is 68.3 Å². The molecular formula is C115H80F6N8. The quantitative estimate of drug-likeness (QED) is 0.0951. The van der Waals surface area contributed by atoms with Gasteiger partial charge in [-0.3, -0.25) is 0 Å². The summed E-state index contributed by atoms with van der Waals surface area (Å²) in [4.78, 5) is 30.2. The fourth-order valence-electron chi connectivity index (χ4n) is 17.4. The Bertz CT molecular complexity index is 7620. The minimum absolute atomic E-state index is 0.388. The van der Waals surface area contributed by atoms with Gasteiger partial charge >= 0.3 is 12.4 Å². The molecule has 0 amide bonds. The summed E-state index contributed by atoms with van der Waals surface area (Å²) in [7, 11) is 0. The fourth-order valence-corrected chi connectivity index (χ4v) is 17.4. The van der Waals surface area contributed by atoms with Crippen LogP contribution in [0.3, 0.4) is 0 Å². The molecule has 14 heteroatoms. The van der Waals surface area contributed by atoms with Crippen LogP contribution in [0.2, 0.25) is 0 Å². The minimum Gasteiger partial charge on any atom is -0.308 e. The highest BCUT2D eigenvalue weighted by Gasteiger charge is 2.34. The molecule has 21 aromatic rings. The van der Waals surface area contributed by atoms with Crippen molar-refractivity contribution in [3.63, 3.8) is 0 Å². The van der Waals surface area contributed by atoms with Crippen molar-refractivity contribution in [1.82, 2.24) is 39.0 Å². The van der Waals surface area contributed by atoms with E-state index in [9.17, 15) is 26.3 Å². The van der Waals surface area contributed by atoms with Gasteiger partial charge in [-0.15, -0.1) is 0 Å². The van der Waals surface area contributed by atoms with Gasteiger partial charge in [0.1, 0.15) is 0 Å². The number of hydrogen-bond acceptors (Lipinski definition) is 6. The van der Waals surface area contributed by atoms with E-state index in [0.717, 1.165) is 156 Å². The summed E-state index contributed by atoms with van der Waals surface area (Å²) >= 11 is 0. The van der Waals surface area contributed by atoms with Gasteiger partial charge < -0.3 is 9.13 Å². The molecule has 0 fully saturated rings. The minimum atomic E-state index is -4.58. The van der Waals surface area contributed by atoms with E-state index in [1.165, 1.54) is 41.0 Å². The molecule has 0 saturated carbocycles. The molecule has 0 spiro atoms. The zero-order valence-electron chi connectivity index (χ0n) is 70.9. The maximum atomic E-state index is 14.8. The van der Waals surface area contributed by atoms with Crippen molar-refractivity contribution in [2.45, 2.75) is 47.0 Å². The number of aromatic nitrogens is 8. The Morgan fingerprint density at radius 2 is 0.426 bits per heavy atom. The van der Waals surface area contributed by atoms with Crippen LogP contribution in [0.25, 0.3) is 201 Å². The Balaban J connectivity index is 0.000000163. The molecule has 0 aliphatic carbocycles. The van der Waals surface area contributed by atoms with Crippen molar-refractivity contribution in [1.29, 1.82) is 0 Å². The first-order valence-electron chi connectivity index (χ1n) is 42.7. The predicted molar refractivity (Wildman–Crippen MR) is 513 cm³/mol. The van der Waals surface area contributed by atoms with Crippen molar-refractivity contribution >= 4 is 43.6 Å². The van der Waals surface area contributed by atoms with Gasteiger partial charge in [0.25, 0.3) is 0 Å². The Morgan fingerprint density at radius 3 is 0.729 bits per heavy atom. The number of halogens is 6. The van der Waals surface area contributed by atoms with Crippen molar-refractivity contribution < 1.29 is 26.3 Å². The monoisotopic (exact) mass is 1690 g/mol. The van der Waals surface area contributed by atoms with Crippen LogP contribution in [0.15, 0.2) is 394 Å². The first kappa shape index (κ1) is 81.3. The van der Waals surface area contributed by atoms with Gasteiger partial charge in [-0.2, -0.15) is 26.3 Å². The third kappa shape index (κ3) is 16.3. The zero-order chi connectivity index (χ0) is 88.2. The highest BCUT2D eigenvalue weighted by molar-refractivity contribution is 6.14. The highest BCUT2D eigenvalue weighted by Crippen LogP contribution is 2.50. The second kappa shape index (κ2) is 33.8. The standard InChI is InChI=1S/C61H43F3N4.C54H37F3N4/c1-38-20-24-41(25-21-38)45-28-30-55-53(34-45)54-35-46(42-26-22-39(2)23-27-42)29-31-56(54)68(55)57-51(47-17-10-12-40(3)32-47)36-49(37-52(57)48-18-11-19-50(33-48)61(62,63)64)60-66-58(43-13-6-4-7-14-43)65-59(67-60)44-15-8-5-9-16-44;1-34-23-25-36(26-24-34)39-27-28-49-47(31-39)44-21-9-10-22-48(44)61(49)50-45(40-18-11-13-35(2)29-40)32-42(33-46(50)41-19-12-20-43(30-41)54(55,56)57)53-59-51(37-14-5-3-6-15-37)58-52(60-53)38-16-7-4-8-17-38/h4-37H,1-3H3;3-33H,1-2H3. The normalized spacial score (nSPS) is 11.7. The molecule has 0 aliphatic rings. The van der Waals surface area contributed by atoms with Gasteiger partial charge in [-0.05, 0) is 181 Å². The summed E-state index contributed by atoms with van der Waals surface area (Å²) < 4.78 is 92.6. The fraction of sp³-hybridized carbons (Fsp3) is 0.0609. The summed E-state index contributed by atoms with van der Waals surface area (Å²) in [5.74, 6) is 2.71. The van der Waals surface area contributed by atoms with E-state index in [-0.39, 0.29) is 0 Å². The van der Waals surface area contributed by atoms with Gasteiger partial charge in [0.15, 0.2) is 34.9 Å². The number of para-hydroxylation sites is 1. The molecule has 0 aliphatic heterocycles. The average molecular weight is 1690 g/mol. The largest absolute Gasteiger partial charge is 0.416 e. The number of hydrogen-bond donors (Lipinski definition) is 0. The molecule has 0 unspecified atom stereocenters. The molecule has 0 saturated heterocycles. The van der Waals surface area contributed by atoms with Gasteiger partial charge in [0, 0.05) is 77.2 Å². The lowest BCUT2D eigenvalue weighted by atomic mass is 9.91. The van der Waals surface area contributed by atoms with Crippen LogP contribution in [-0.2, 0) is 12.4 Å². The lowest BCUT2D eigenvalue weighted by molar-refractivity contribution is -0.138. The molecule has 21 rings (SSSR count). The number of alkyl halides is 6. The highest BCUT2D eigenvalue weighted by atomic mass is 19.4. The van der Waals surface area contributed by atoms with Crippen LogP contribution in [0.4, 0.5) is 26.3 Å². The number of benzene rings is 17. The maximum Gasteiger partial charge on any atom is 0.416 e. The summed E-state index contributed by atoms with van der Waals surface area (Å²) in [6, 6.07) is 128. The molecule has 622 valence electrons. The smallest absolute Gasteiger partial charge is 0.308 e. The van der Waals surface area contributed by atoms with Crippen LogP contribution >= 0.6 is 0 Å². The van der Waals surface area contributed by atoms with Crippen LogP contribution < -0.4 is 0 Å². The summed E-state index contributed by atoms with van der Waals surface area (Å²) in [6.45, 7) is 10.3.